The Kier molecular flexibility index (Phi) is 4.74. The van der Waals surface area contributed by atoms with Gasteiger partial charge in [0.15, 0.2) is 0 Å². The van der Waals surface area contributed by atoms with Crippen molar-refractivity contribution in [3.8, 4) is 5.75 Å². The van der Waals surface area contributed by atoms with Crippen molar-refractivity contribution >= 4 is 28.3 Å². The second-order valence-corrected chi connectivity index (χ2v) is 5.30. The van der Waals surface area contributed by atoms with Crippen molar-refractivity contribution in [3.05, 3.63) is 57.7 Å². The van der Waals surface area contributed by atoms with Gasteiger partial charge in [0, 0.05) is 21.9 Å². The molecule has 0 aliphatic rings. The third-order valence-electron chi connectivity index (χ3n) is 2.48. The van der Waals surface area contributed by atoms with Crippen molar-refractivity contribution in [1.29, 1.82) is 0 Å². The third-order valence-corrected chi connectivity index (χ3v) is 3.20. The Labute approximate surface area is 128 Å². The van der Waals surface area contributed by atoms with Gasteiger partial charge in [-0.1, -0.05) is 18.2 Å². The normalized spacial score (nSPS) is 11.2. The quantitative estimate of drug-likeness (QED) is 0.754. The predicted octanol–water partition coefficient (Wildman–Crippen LogP) is 4.80. The maximum Gasteiger partial charge on any atom is 0.573 e. The molecule has 0 heterocycles. The molecule has 6 heteroatoms. The first kappa shape index (κ1) is 15.0. The molecule has 0 bridgehead atoms. The summed E-state index contributed by atoms with van der Waals surface area (Å²) in [6, 6.07) is 13.7. The molecule has 0 unspecified atom stereocenters. The minimum absolute atomic E-state index is 0.231. The second kappa shape index (κ2) is 6.34. The van der Waals surface area contributed by atoms with Crippen molar-refractivity contribution in [1.82, 2.24) is 0 Å². The average molecular weight is 393 g/mol. The van der Waals surface area contributed by atoms with Gasteiger partial charge in [-0.3, -0.25) is 0 Å². The van der Waals surface area contributed by atoms with Crippen LogP contribution in [0.25, 0.3) is 0 Å². The van der Waals surface area contributed by atoms with Gasteiger partial charge >= 0.3 is 6.36 Å². The molecule has 20 heavy (non-hydrogen) atoms. The van der Waals surface area contributed by atoms with E-state index in [1.54, 1.807) is 6.07 Å². The van der Waals surface area contributed by atoms with Crippen molar-refractivity contribution in [3.63, 3.8) is 0 Å². The Morgan fingerprint density at radius 3 is 2.40 bits per heavy atom. The summed E-state index contributed by atoms with van der Waals surface area (Å²) in [5, 5.41) is 3.06. The van der Waals surface area contributed by atoms with Gasteiger partial charge in [0.1, 0.15) is 5.75 Å². The molecule has 0 radical (unpaired) electrons. The fourth-order valence-electron chi connectivity index (χ4n) is 1.61. The Balaban J connectivity index is 1.99. The lowest BCUT2D eigenvalue weighted by molar-refractivity contribution is -0.274. The lowest BCUT2D eigenvalue weighted by atomic mass is 10.2. The number of rotatable bonds is 4. The maximum atomic E-state index is 12.1. The number of halogens is 4. The summed E-state index contributed by atoms with van der Waals surface area (Å²) in [7, 11) is 0. The van der Waals surface area contributed by atoms with Crippen LogP contribution in [0.4, 0.5) is 18.9 Å². The Morgan fingerprint density at radius 2 is 1.75 bits per heavy atom. The molecule has 2 aromatic carbocycles. The van der Waals surface area contributed by atoms with Gasteiger partial charge in [0.25, 0.3) is 0 Å². The minimum atomic E-state index is -4.67. The summed E-state index contributed by atoms with van der Waals surface area (Å²) < 4.78 is 41.4. The number of alkyl halides is 3. The van der Waals surface area contributed by atoms with Crippen LogP contribution < -0.4 is 10.1 Å². The van der Waals surface area contributed by atoms with Crippen molar-refractivity contribution < 1.29 is 17.9 Å². The van der Waals surface area contributed by atoms with Crippen molar-refractivity contribution in [2.24, 2.45) is 0 Å². The lowest BCUT2D eigenvalue weighted by Gasteiger charge is -2.11. The number of ether oxygens (including phenoxy) is 1. The van der Waals surface area contributed by atoms with E-state index in [0.29, 0.717) is 12.2 Å². The Morgan fingerprint density at radius 1 is 1.05 bits per heavy atom. The standard InChI is InChI=1S/C14H11F3INO/c15-14(16,17)20-13-3-1-2-12(8-13)19-9-10-4-6-11(18)7-5-10/h1-8,19H,9H2. The molecule has 0 fully saturated rings. The van der Waals surface area contributed by atoms with E-state index in [0.717, 1.165) is 9.13 Å². The highest BCUT2D eigenvalue weighted by molar-refractivity contribution is 14.1. The molecule has 0 aromatic heterocycles. The average Bonchev–Trinajstić information content (AvgIpc) is 2.36. The lowest BCUT2D eigenvalue weighted by Crippen LogP contribution is -2.17. The molecule has 0 aliphatic carbocycles. The Bertz CT molecular complexity index is 569. The van der Waals surface area contributed by atoms with Crippen LogP contribution in [-0.4, -0.2) is 6.36 Å². The van der Waals surface area contributed by atoms with Gasteiger partial charge in [-0.25, -0.2) is 0 Å². The largest absolute Gasteiger partial charge is 0.573 e. The van der Waals surface area contributed by atoms with E-state index in [1.165, 1.54) is 18.2 Å². The van der Waals surface area contributed by atoms with E-state index < -0.39 is 6.36 Å². The van der Waals surface area contributed by atoms with E-state index in [4.69, 9.17) is 0 Å². The molecular weight excluding hydrogens is 382 g/mol. The highest BCUT2D eigenvalue weighted by Gasteiger charge is 2.31. The molecule has 0 saturated heterocycles. The van der Waals surface area contributed by atoms with Crippen LogP contribution in [0, 0.1) is 3.57 Å². The molecule has 0 spiro atoms. The fourth-order valence-corrected chi connectivity index (χ4v) is 1.97. The molecule has 0 amide bonds. The van der Waals surface area contributed by atoms with Gasteiger partial charge in [0.2, 0.25) is 0 Å². The zero-order valence-electron chi connectivity index (χ0n) is 10.2. The number of anilines is 1. The van der Waals surface area contributed by atoms with Gasteiger partial charge in [-0.15, -0.1) is 13.2 Å². The van der Waals surface area contributed by atoms with Gasteiger partial charge in [-0.2, -0.15) is 0 Å². The van der Waals surface area contributed by atoms with Crippen LogP contribution in [0.15, 0.2) is 48.5 Å². The van der Waals surface area contributed by atoms with Crippen LogP contribution in [-0.2, 0) is 6.54 Å². The molecular formula is C14H11F3INO. The first-order chi connectivity index (χ1) is 9.42. The Hall–Kier alpha value is -1.44. The topological polar surface area (TPSA) is 21.3 Å². The van der Waals surface area contributed by atoms with E-state index in [1.807, 2.05) is 24.3 Å². The predicted molar refractivity (Wildman–Crippen MR) is 79.6 cm³/mol. The van der Waals surface area contributed by atoms with Crippen LogP contribution in [0.1, 0.15) is 5.56 Å². The smallest absolute Gasteiger partial charge is 0.406 e. The first-order valence-corrected chi connectivity index (χ1v) is 6.84. The van der Waals surface area contributed by atoms with Crippen molar-refractivity contribution in [2.45, 2.75) is 12.9 Å². The summed E-state index contributed by atoms with van der Waals surface area (Å²) in [6.45, 7) is 0.534. The van der Waals surface area contributed by atoms with E-state index in [9.17, 15) is 13.2 Å². The van der Waals surface area contributed by atoms with Crippen LogP contribution in [0.5, 0.6) is 5.75 Å². The summed E-state index contributed by atoms with van der Waals surface area (Å²) in [5.41, 5.74) is 1.62. The van der Waals surface area contributed by atoms with E-state index >= 15 is 0 Å². The SMILES string of the molecule is FC(F)(F)Oc1cccc(NCc2ccc(I)cc2)c1. The highest BCUT2D eigenvalue weighted by atomic mass is 127. The molecule has 0 saturated carbocycles. The number of hydrogen-bond acceptors (Lipinski definition) is 2. The monoisotopic (exact) mass is 393 g/mol. The zero-order chi connectivity index (χ0) is 14.6. The summed E-state index contributed by atoms with van der Waals surface area (Å²) in [6.07, 6.45) is -4.67. The molecule has 0 atom stereocenters. The maximum absolute atomic E-state index is 12.1. The van der Waals surface area contributed by atoms with E-state index in [2.05, 4.69) is 32.6 Å². The van der Waals surface area contributed by atoms with Crippen molar-refractivity contribution in [2.75, 3.05) is 5.32 Å². The van der Waals surface area contributed by atoms with Gasteiger partial charge in [0.05, 0.1) is 0 Å². The third kappa shape index (κ3) is 4.92. The summed E-state index contributed by atoms with van der Waals surface area (Å²) in [5.74, 6) is -0.231. The highest BCUT2D eigenvalue weighted by Crippen LogP contribution is 2.25. The number of nitrogens with one attached hydrogen (secondary N) is 1. The molecule has 1 N–H and O–H groups in total. The molecule has 2 nitrogen and oxygen atoms in total. The minimum Gasteiger partial charge on any atom is -0.406 e. The second-order valence-electron chi connectivity index (χ2n) is 4.06. The summed E-state index contributed by atoms with van der Waals surface area (Å²) in [4.78, 5) is 0. The summed E-state index contributed by atoms with van der Waals surface area (Å²) >= 11 is 2.21. The molecule has 0 aliphatic heterocycles. The van der Waals surface area contributed by atoms with Crippen LogP contribution in [0.3, 0.4) is 0 Å². The molecule has 2 rings (SSSR count). The van der Waals surface area contributed by atoms with Gasteiger partial charge < -0.3 is 10.1 Å². The zero-order valence-corrected chi connectivity index (χ0v) is 12.4. The van der Waals surface area contributed by atoms with Crippen LogP contribution in [0.2, 0.25) is 0 Å². The van der Waals surface area contributed by atoms with Crippen LogP contribution >= 0.6 is 22.6 Å². The van der Waals surface area contributed by atoms with E-state index in [-0.39, 0.29) is 5.75 Å². The molecule has 2 aromatic rings. The number of hydrogen-bond donors (Lipinski definition) is 1. The first-order valence-electron chi connectivity index (χ1n) is 5.76. The fraction of sp³-hybridized carbons (Fsp3) is 0.143. The van der Waals surface area contributed by atoms with Gasteiger partial charge in [-0.05, 0) is 52.4 Å². The molecule has 106 valence electrons. The number of benzene rings is 2.